The Morgan fingerprint density at radius 3 is 3.00 bits per heavy atom. The first-order valence-corrected chi connectivity index (χ1v) is 7.41. The Labute approximate surface area is 120 Å². The Hall–Kier alpha value is -1.88. The highest BCUT2D eigenvalue weighted by molar-refractivity contribution is 7.98. The van der Waals surface area contributed by atoms with Crippen LogP contribution in [-0.4, -0.2) is 17.2 Å². The van der Waals surface area contributed by atoms with Gasteiger partial charge in [0.2, 0.25) is 0 Å². The molecular formula is C15H12FNO2S. The molecule has 0 saturated heterocycles. The van der Waals surface area contributed by atoms with Crippen molar-refractivity contribution in [3.05, 3.63) is 53.5 Å². The number of halogens is 1. The third-order valence-corrected chi connectivity index (χ3v) is 3.91. The summed E-state index contributed by atoms with van der Waals surface area (Å²) in [5, 5.41) is 0.861. The van der Waals surface area contributed by atoms with Crippen LogP contribution in [0.1, 0.15) is 17.2 Å². The summed E-state index contributed by atoms with van der Waals surface area (Å²) in [6, 6.07) is 9.87. The molecule has 0 bridgehead atoms. The minimum absolute atomic E-state index is 0.312. The monoisotopic (exact) mass is 289 g/mol. The number of carbonyl (C=O) groups excluding carboxylic acids is 1. The molecule has 0 N–H and O–H groups in total. The Kier molecular flexibility index (Phi) is 3.44. The highest BCUT2D eigenvalue weighted by Gasteiger charge is 2.31. The molecule has 0 radical (unpaired) electrons. The van der Waals surface area contributed by atoms with Crippen LogP contribution in [0.2, 0.25) is 0 Å². The zero-order chi connectivity index (χ0) is 14.1. The first-order chi connectivity index (χ1) is 9.67. The zero-order valence-electron chi connectivity index (χ0n) is 10.8. The van der Waals surface area contributed by atoms with Gasteiger partial charge in [-0.05, 0) is 36.4 Å². The molecule has 5 heteroatoms. The maximum absolute atomic E-state index is 13.1. The summed E-state index contributed by atoms with van der Waals surface area (Å²) >= 11 is 1.52. The largest absolute Gasteiger partial charge is 0.426 e. The van der Waals surface area contributed by atoms with Crippen LogP contribution in [-0.2, 0) is 11.2 Å². The molecule has 1 unspecified atom stereocenters. The van der Waals surface area contributed by atoms with Gasteiger partial charge in [-0.15, -0.1) is 11.8 Å². The van der Waals surface area contributed by atoms with Crippen LogP contribution in [0.4, 0.5) is 4.39 Å². The number of nitrogens with zero attached hydrogens (tertiary/aromatic N) is 1. The second kappa shape index (κ2) is 5.25. The van der Waals surface area contributed by atoms with Crippen LogP contribution in [0.15, 0.2) is 41.4 Å². The van der Waals surface area contributed by atoms with Gasteiger partial charge in [0.1, 0.15) is 17.5 Å². The minimum atomic E-state index is -0.430. The van der Waals surface area contributed by atoms with Crippen molar-refractivity contribution < 1.29 is 13.9 Å². The van der Waals surface area contributed by atoms with Crippen LogP contribution in [0.3, 0.4) is 0 Å². The van der Waals surface area contributed by atoms with E-state index in [0.717, 1.165) is 10.6 Å². The molecule has 2 aromatic rings. The number of hydrogen-bond donors (Lipinski definition) is 0. The molecule has 0 spiro atoms. The predicted octanol–water partition coefficient (Wildman–Crippen LogP) is 3.19. The van der Waals surface area contributed by atoms with Crippen molar-refractivity contribution >= 4 is 17.7 Å². The Bertz CT molecular complexity index is 675. The molecule has 0 fully saturated rings. The second-order valence-electron chi connectivity index (χ2n) is 4.53. The van der Waals surface area contributed by atoms with E-state index in [-0.39, 0.29) is 5.97 Å². The Morgan fingerprint density at radius 1 is 1.35 bits per heavy atom. The fourth-order valence-electron chi connectivity index (χ4n) is 2.24. The minimum Gasteiger partial charge on any atom is -0.426 e. The number of aromatic nitrogens is 1. The fraction of sp³-hybridized carbons (Fsp3) is 0.200. The van der Waals surface area contributed by atoms with E-state index < -0.39 is 11.7 Å². The second-order valence-corrected chi connectivity index (χ2v) is 5.36. The van der Waals surface area contributed by atoms with Crippen LogP contribution in [0.25, 0.3) is 0 Å². The molecule has 1 aliphatic heterocycles. The summed E-state index contributed by atoms with van der Waals surface area (Å²) in [6.07, 6.45) is 2.42. The van der Waals surface area contributed by atoms with Crippen molar-refractivity contribution in [1.29, 1.82) is 0 Å². The highest BCUT2D eigenvalue weighted by Crippen LogP contribution is 2.33. The number of rotatable bonds is 2. The Morgan fingerprint density at radius 2 is 2.20 bits per heavy atom. The van der Waals surface area contributed by atoms with Gasteiger partial charge in [0.25, 0.3) is 0 Å². The molecule has 0 amide bonds. The quantitative estimate of drug-likeness (QED) is 0.483. The summed E-state index contributed by atoms with van der Waals surface area (Å²) in [7, 11) is 0. The predicted molar refractivity (Wildman–Crippen MR) is 74.5 cm³/mol. The number of carbonyl (C=O) groups is 1. The van der Waals surface area contributed by atoms with Crippen LogP contribution in [0, 0.1) is 5.82 Å². The summed E-state index contributed by atoms with van der Waals surface area (Å²) in [4.78, 5) is 16.5. The number of pyridine rings is 1. The normalized spacial score (nSPS) is 17.5. The molecule has 1 aromatic heterocycles. The van der Waals surface area contributed by atoms with E-state index in [9.17, 15) is 9.18 Å². The molecule has 1 aliphatic rings. The van der Waals surface area contributed by atoms with Crippen LogP contribution < -0.4 is 4.74 Å². The number of esters is 1. The van der Waals surface area contributed by atoms with Crippen molar-refractivity contribution in [3.8, 4) is 5.75 Å². The maximum Gasteiger partial charge on any atom is 0.320 e. The number of thioether (sulfide) groups is 1. The van der Waals surface area contributed by atoms with Crippen molar-refractivity contribution in [2.75, 3.05) is 6.26 Å². The highest BCUT2D eigenvalue weighted by atomic mass is 32.2. The van der Waals surface area contributed by atoms with Gasteiger partial charge in [-0.25, -0.2) is 9.37 Å². The van der Waals surface area contributed by atoms with E-state index in [0.29, 0.717) is 17.9 Å². The lowest BCUT2D eigenvalue weighted by atomic mass is 9.93. The third kappa shape index (κ3) is 2.41. The average molecular weight is 289 g/mol. The van der Waals surface area contributed by atoms with Crippen molar-refractivity contribution in [2.24, 2.45) is 0 Å². The molecule has 2 heterocycles. The van der Waals surface area contributed by atoms with Crippen molar-refractivity contribution in [3.63, 3.8) is 0 Å². The van der Waals surface area contributed by atoms with Crippen LogP contribution in [0.5, 0.6) is 5.75 Å². The van der Waals surface area contributed by atoms with E-state index in [2.05, 4.69) is 4.98 Å². The number of hydrogen-bond acceptors (Lipinski definition) is 4. The SMILES string of the molecule is CSc1cccc(C2Cc3ccc(F)cc3OC2=O)n1. The molecule has 102 valence electrons. The zero-order valence-corrected chi connectivity index (χ0v) is 11.6. The molecule has 1 aromatic carbocycles. The van der Waals surface area contributed by atoms with Gasteiger partial charge < -0.3 is 4.74 Å². The average Bonchev–Trinajstić information content (AvgIpc) is 2.46. The smallest absolute Gasteiger partial charge is 0.320 e. The molecule has 3 rings (SSSR count). The van der Waals surface area contributed by atoms with Gasteiger partial charge in [0.15, 0.2) is 0 Å². The summed E-state index contributed by atoms with van der Waals surface area (Å²) < 4.78 is 18.4. The first kappa shape index (κ1) is 13.1. The molecular weight excluding hydrogens is 277 g/mol. The lowest BCUT2D eigenvalue weighted by molar-refractivity contribution is -0.137. The lowest BCUT2D eigenvalue weighted by Crippen LogP contribution is -2.26. The van der Waals surface area contributed by atoms with E-state index >= 15 is 0 Å². The fourth-order valence-corrected chi connectivity index (χ4v) is 2.65. The van der Waals surface area contributed by atoms with Gasteiger partial charge in [0.05, 0.1) is 10.7 Å². The number of ether oxygens (including phenoxy) is 1. The van der Waals surface area contributed by atoms with Crippen molar-refractivity contribution in [1.82, 2.24) is 4.98 Å². The van der Waals surface area contributed by atoms with Gasteiger partial charge >= 0.3 is 5.97 Å². The van der Waals surface area contributed by atoms with Gasteiger partial charge in [0, 0.05) is 6.07 Å². The third-order valence-electron chi connectivity index (χ3n) is 3.26. The van der Waals surface area contributed by atoms with E-state index in [1.54, 1.807) is 6.07 Å². The van der Waals surface area contributed by atoms with Crippen LogP contribution >= 0.6 is 11.8 Å². The lowest BCUT2D eigenvalue weighted by Gasteiger charge is -2.23. The van der Waals surface area contributed by atoms with E-state index in [1.165, 1.54) is 23.9 Å². The molecule has 0 aliphatic carbocycles. The summed E-state index contributed by atoms with van der Waals surface area (Å²) in [5.74, 6) is -0.904. The van der Waals surface area contributed by atoms with E-state index in [4.69, 9.17) is 4.74 Å². The van der Waals surface area contributed by atoms with Crippen molar-refractivity contribution in [2.45, 2.75) is 17.4 Å². The van der Waals surface area contributed by atoms with Gasteiger partial charge in [-0.3, -0.25) is 4.79 Å². The molecule has 3 nitrogen and oxygen atoms in total. The maximum atomic E-state index is 13.1. The van der Waals surface area contributed by atoms with E-state index in [1.807, 2.05) is 24.5 Å². The van der Waals surface area contributed by atoms with Gasteiger partial charge in [-0.1, -0.05) is 12.1 Å². The standard InChI is InChI=1S/C15H12FNO2S/c1-20-14-4-2-3-12(17-14)11-7-9-5-6-10(16)8-13(9)19-15(11)18/h2-6,8,11H,7H2,1H3. The molecule has 0 saturated carbocycles. The Balaban J connectivity index is 1.95. The number of benzene rings is 1. The van der Waals surface area contributed by atoms with Gasteiger partial charge in [-0.2, -0.15) is 0 Å². The number of fused-ring (bicyclic) bond motifs is 1. The first-order valence-electron chi connectivity index (χ1n) is 6.18. The summed E-state index contributed by atoms with van der Waals surface area (Å²) in [5.41, 5.74) is 1.52. The molecule has 20 heavy (non-hydrogen) atoms. The molecule has 1 atom stereocenters. The summed E-state index contributed by atoms with van der Waals surface area (Å²) in [6.45, 7) is 0. The topological polar surface area (TPSA) is 39.2 Å².